The molecule has 0 bridgehead atoms. The minimum atomic E-state index is -0.149. The smallest absolute Gasteiger partial charge is 0.267 e. The summed E-state index contributed by atoms with van der Waals surface area (Å²) >= 11 is 0. The largest absolute Gasteiger partial charge is 0.493 e. The van der Waals surface area contributed by atoms with Crippen molar-refractivity contribution in [2.75, 3.05) is 0 Å². The van der Waals surface area contributed by atoms with E-state index in [0.29, 0.717) is 5.69 Å². The first-order chi connectivity index (χ1) is 12.7. The van der Waals surface area contributed by atoms with Crippen LogP contribution >= 0.6 is 0 Å². The number of rotatable bonds is 7. The Bertz CT molecular complexity index is 773. The van der Waals surface area contributed by atoms with E-state index >= 15 is 0 Å². The molecule has 0 atom stereocenters. The molecule has 0 aliphatic heterocycles. The second-order valence-electron chi connectivity index (χ2n) is 7.27. The van der Waals surface area contributed by atoms with Crippen molar-refractivity contribution in [3.8, 4) is 5.88 Å². The van der Waals surface area contributed by atoms with Crippen LogP contribution in [0.15, 0.2) is 34.5 Å². The average Bonchev–Trinajstić information content (AvgIpc) is 2.95. The number of aromatic nitrogens is 1. The Morgan fingerprint density at radius 3 is 2.69 bits per heavy atom. The van der Waals surface area contributed by atoms with E-state index in [1.54, 1.807) is 0 Å². The molecule has 1 aromatic carbocycles. The number of hydrogen-bond acceptors (Lipinski definition) is 3. The fourth-order valence-electron chi connectivity index (χ4n) is 3.82. The second-order valence-corrected chi connectivity index (χ2v) is 7.27. The minimum absolute atomic E-state index is 0.00274. The summed E-state index contributed by atoms with van der Waals surface area (Å²) in [5.41, 5.74) is 1.36. The zero-order valence-electron chi connectivity index (χ0n) is 15.7. The van der Waals surface area contributed by atoms with Gasteiger partial charge in [0.2, 0.25) is 5.88 Å². The molecule has 1 aliphatic rings. The fourth-order valence-corrected chi connectivity index (χ4v) is 3.82. The number of benzene rings is 1. The molecule has 0 saturated heterocycles. The number of fused-ring (bicyclic) bond motifs is 1. The number of amides is 1. The molecule has 1 aliphatic carbocycles. The lowest BCUT2D eigenvalue weighted by atomic mass is 9.89. The van der Waals surface area contributed by atoms with Gasteiger partial charge in [0.05, 0.1) is 5.52 Å². The SMILES string of the molecule is CCCCCCn1c(O)c(N=NC(=O)C2CCCCC2)c2ccccc21. The summed E-state index contributed by atoms with van der Waals surface area (Å²) in [4.78, 5) is 12.3. The van der Waals surface area contributed by atoms with Crippen molar-refractivity contribution >= 4 is 22.5 Å². The lowest BCUT2D eigenvalue weighted by Crippen LogP contribution is -2.15. The average molecular weight is 355 g/mol. The van der Waals surface area contributed by atoms with Crippen molar-refractivity contribution in [1.29, 1.82) is 0 Å². The highest BCUT2D eigenvalue weighted by atomic mass is 16.3. The van der Waals surface area contributed by atoms with Gasteiger partial charge in [-0.3, -0.25) is 4.79 Å². The van der Waals surface area contributed by atoms with Crippen LogP contribution in [-0.4, -0.2) is 15.6 Å². The van der Waals surface area contributed by atoms with Crippen molar-refractivity contribution in [2.45, 2.75) is 71.3 Å². The first kappa shape index (κ1) is 18.6. The molecule has 5 nitrogen and oxygen atoms in total. The first-order valence-corrected chi connectivity index (χ1v) is 9.98. The third-order valence-corrected chi connectivity index (χ3v) is 5.36. The van der Waals surface area contributed by atoms with Crippen LogP contribution in [0.3, 0.4) is 0 Å². The zero-order chi connectivity index (χ0) is 18.4. The van der Waals surface area contributed by atoms with Gasteiger partial charge in [-0.25, -0.2) is 0 Å². The van der Waals surface area contributed by atoms with Crippen LogP contribution in [0, 0.1) is 5.92 Å². The number of aryl methyl sites for hydroxylation is 1. The van der Waals surface area contributed by atoms with E-state index in [1.165, 1.54) is 19.3 Å². The van der Waals surface area contributed by atoms with Gasteiger partial charge < -0.3 is 9.67 Å². The number of carbonyl (C=O) groups is 1. The van der Waals surface area contributed by atoms with Gasteiger partial charge in [-0.2, -0.15) is 0 Å². The van der Waals surface area contributed by atoms with Gasteiger partial charge >= 0.3 is 0 Å². The molecule has 1 saturated carbocycles. The predicted octanol–water partition coefficient (Wildman–Crippen LogP) is 6.12. The summed E-state index contributed by atoms with van der Waals surface area (Å²) in [7, 11) is 0. The van der Waals surface area contributed by atoms with E-state index in [-0.39, 0.29) is 17.7 Å². The van der Waals surface area contributed by atoms with E-state index in [1.807, 2.05) is 28.8 Å². The molecule has 5 heteroatoms. The van der Waals surface area contributed by atoms with E-state index < -0.39 is 0 Å². The van der Waals surface area contributed by atoms with Crippen LogP contribution in [0.4, 0.5) is 5.69 Å². The molecule has 3 rings (SSSR count). The molecule has 1 heterocycles. The number of aromatic hydroxyl groups is 1. The quantitative estimate of drug-likeness (QED) is 0.480. The third kappa shape index (κ3) is 4.14. The molecule has 1 amide bonds. The summed E-state index contributed by atoms with van der Waals surface area (Å²) in [6, 6.07) is 7.79. The van der Waals surface area contributed by atoms with Crippen molar-refractivity contribution in [1.82, 2.24) is 4.57 Å². The van der Waals surface area contributed by atoms with Gasteiger partial charge in [-0.1, -0.05) is 63.6 Å². The molecule has 0 radical (unpaired) electrons. The zero-order valence-corrected chi connectivity index (χ0v) is 15.7. The maximum absolute atomic E-state index is 12.3. The van der Waals surface area contributed by atoms with E-state index in [4.69, 9.17) is 0 Å². The Morgan fingerprint density at radius 1 is 1.15 bits per heavy atom. The lowest BCUT2D eigenvalue weighted by Gasteiger charge is -2.17. The molecule has 0 unspecified atom stereocenters. The van der Waals surface area contributed by atoms with Crippen LogP contribution in [0.25, 0.3) is 10.9 Å². The third-order valence-electron chi connectivity index (χ3n) is 5.36. The second kappa shape index (κ2) is 8.97. The van der Waals surface area contributed by atoms with Crippen LogP contribution in [-0.2, 0) is 11.3 Å². The molecule has 1 fully saturated rings. The summed E-state index contributed by atoms with van der Waals surface area (Å²) < 4.78 is 1.89. The number of para-hydroxylation sites is 1. The summed E-state index contributed by atoms with van der Waals surface area (Å²) in [6.45, 7) is 2.93. The molecular weight excluding hydrogens is 326 g/mol. The van der Waals surface area contributed by atoms with E-state index in [2.05, 4.69) is 17.2 Å². The number of unbranched alkanes of at least 4 members (excludes halogenated alkanes) is 3. The fraction of sp³-hybridized carbons (Fsp3) is 0.571. The van der Waals surface area contributed by atoms with Crippen LogP contribution in [0.2, 0.25) is 0 Å². The molecule has 26 heavy (non-hydrogen) atoms. The highest BCUT2D eigenvalue weighted by Gasteiger charge is 2.22. The maximum Gasteiger partial charge on any atom is 0.267 e. The monoisotopic (exact) mass is 355 g/mol. The van der Waals surface area contributed by atoms with Gasteiger partial charge in [0, 0.05) is 17.8 Å². The Labute approximate surface area is 155 Å². The topological polar surface area (TPSA) is 66.9 Å². The van der Waals surface area contributed by atoms with Gasteiger partial charge in [0.1, 0.15) is 0 Å². The van der Waals surface area contributed by atoms with E-state index in [0.717, 1.165) is 56.0 Å². The first-order valence-electron chi connectivity index (χ1n) is 9.98. The lowest BCUT2D eigenvalue weighted by molar-refractivity contribution is -0.122. The predicted molar refractivity (Wildman–Crippen MR) is 104 cm³/mol. The molecular formula is C21H29N3O2. The van der Waals surface area contributed by atoms with Crippen molar-refractivity contribution < 1.29 is 9.90 Å². The van der Waals surface area contributed by atoms with Crippen LogP contribution in [0.1, 0.15) is 64.7 Å². The Morgan fingerprint density at radius 2 is 1.92 bits per heavy atom. The van der Waals surface area contributed by atoms with Gasteiger partial charge in [0.25, 0.3) is 5.91 Å². The highest BCUT2D eigenvalue weighted by molar-refractivity contribution is 5.95. The Hall–Kier alpha value is -2.17. The summed E-state index contributed by atoms with van der Waals surface area (Å²) in [5, 5.41) is 19.7. The van der Waals surface area contributed by atoms with Gasteiger partial charge in [-0.15, -0.1) is 10.2 Å². The highest BCUT2D eigenvalue weighted by Crippen LogP contribution is 2.39. The summed E-state index contributed by atoms with van der Waals surface area (Å²) in [6.07, 6.45) is 9.72. The Kier molecular flexibility index (Phi) is 6.42. The summed E-state index contributed by atoms with van der Waals surface area (Å²) in [5.74, 6) is -0.0381. The van der Waals surface area contributed by atoms with Crippen LogP contribution in [0.5, 0.6) is 5.88 Å². The van der Waals surface area contributed by atoms with Crippen LogP contribution < -0.4 is 0 Å². The number of carbonyl (C=O) groups excluding carboxylic acids is 1. The minimum Gasteiger partial charge on any atom is -0.493 e. The standard InChI is InChI=1S/C21H29N3O2/c1-2-3-4-10-15-24-18-14-9-8-13-17(18)19(21(24)26)22-23-20(25)16-11-6-5-7-12-16/h8-9,13-14,16,26H,2-7,10-12,15H2,1H3. The molecule has 1 aromatic heterocycles. The van der Waals surface area contributed by atoms with Crippen molar-refractivity contribution in [2.24, 2.45) is 16.1 Å². The van der Waals surface area contributed by atoms with Gasteiger partial charge in [0.15, 0.2) is 5.69 Å². The number of azo groups is 1. The Balaban J connectivity index is 1.82. The number of nitrogens with zero attached hydrogens (tertiary/aromatic N) is 3. The van der Waals surface area contributed by atoms with Crippen molar-refractivity contribution in [3.05, 3.63) is 24.3 Å². The normalized spacial score (nSPS) is 15.9. The molecule has 2 aromatic rings. The van der Waals surface area contributed by atoms with E-state index in [9.17, 15) is 9.90 Å². The maximum atomic E-state index is 12.3. The molecule has 0 spiro atoms. The van der Waals surface area contributed by atoms with Crippen molar-refractivity contribution in [3.63, 3.8) is 0 Å². The molecule has 140 valence electrons. The van der Waals surface area contributed by atoms with Gasteiger partial charge in [-0.05, 0) is 25.3 Å². The number of hydrogen-bond donors (Lipinski definition) is 1. The molecule has 1 N–H and O–H groups in total.